The number of ether oxygens (including phenoxy) is 2. The number of carbonyl (C=O) groups is 3. The minimum absolute atomic E-state index is 0.281. The molecule has 32 heavy (non-hydrogen) atoms. The molecule has 0 aliphatic rings. The summed E-state index contributed by atoms with van der Waals surface area (Å²) >= 11 is 0. The average Bonchev–Trinajstić information content (AvgIpc) is 2.70. The van der Waals surface area contributed by atoms with Crippen molar-refractivity contribution >= 4 is 29.1 Å². The van der Waals surface area contributed by atoms with Crippen LogP contribution in [0, 0.1) is 5.92 Å². The fourth-order valence-corrected chi connectivity index (χ4v) is 3.00. The third-order valence-corrected chi connectivity index (χ3v) is 4.44. The molecule has 2 rings (SSSR count). The maximum atomic E-state index is 12.9. The number of hydrogen-bond acceptors (Lipinski definition) is 5. The van der Waals surface area contributed by atoms with Crippen LogP contribution in [0.4, 0.5) is 11.4 Å². The van der Waals surface area contributed by atoms with E-state index >= 15 is 0 Å². The van der Waals surface area contributed by atoms with Crippen molar-refractivity contribution < 1.29 is 23.9 Å². The molecule has 0 saturated heterocycles. The molecular formula is C24H31N3O5. The molecule has 0 spiro atoms. The lowest BCUT2D eigenvalue weighted by atomic mass is 10.1. The lowest BCUT2D eigenvalue weighted by molar-refractivity contribution is -0.115. The topological polar surface area (TPSA) is 106 Å². The Morgan fingerprint density at radius 3 is 1.97 bits per heavy atom. The fraction of sp³-hybridized carbons (Fsp3) is 0.375. The van der Waals surface area contributed by atoms with Crippen LogP contribution in [0.15, 0.2) is 36.4 Å². The van der Waals surface area contributed by atoms with Gasteiger partial charge in [0.25, 0.3) is 5.91 Å². The SMILES string of the molecule is COc1cc(C(C)NC(=O)c2cc(NC(C)=O)cc(NC(C)=O)c2)ccc1OCC(C)C. The van der Waals surface area contributed by atoms with Gasteiger partial charge in [-0.2, -0.15) is 0 Å². The van der Waals surface area contributed by atoms with Crippen LogP contribution >= 0.6 is 0 Å². The summed E-state index contributed by atoms with van der Waals surface area (Å²) in [6.07, 6.45) is 0. The Labute approximate surface area is 188 Å². The lowest BCUT2D eigenvalue weighted by Crippen LogP contribution is -2.27. The van der Waals surface area contributed by atoms with Gasteiger partial charge in [0.05, 0.1) is 19.8 Å². The van der Waals surface area contributed by atoms with Crippen LogP contribution in [0.5, 0.6) is 11.5 Å². The standard InChI is InChI=1S/C24H31N3O5/c1-14(2)13-32-22-8-7-18(11-23(22)31-6)15(3)25-24(30)19-9-20(26-16(4)28)12-21(10-19)27-17(5)29/h7-12,14-15H,13H2,1-6H3,(H,25,30)(H,26,28)(H,27,29). The van der Waals surface area contributed by atoms with Gasteiger partial charge in [-0.05, 0) is 48.7 Å². The van der Waals surface area contributed by atoms with Gasteiger partial charge in [0.15, 0.2) is 11.5 Å². The van der Waals surface area contributed by atoms with Crippen molar-refractivity contribution in [3.8, 4) is 11.5 Å². The van der Waals surface area contributed by atoms with Crippen molar-refractivity contribution in [1.82, 2.24) is 5.32 Å². The van der Waals surface area contributed by atoms with E-state index in [1.54, 1.807) is 25.3 Å². The first-order valence-corrected chi connectivity index (χ1v) is 10.4. The van der Waals surface area contributed by atoms with E-state index in [0.717, 1.165) is 5.56 Å². The number of amides is 3. The van der Waals surface area contributed by atoms with Gasteiger partial charge in [-0.1, -0.05) is 19.9 Å². The quantitative estimate of drug-likeness (QED) is 0.542. The highest BCUT2D eigenvalue weighted by atomic mass is 16.5. The maximum Gasteiger partial charge on any atom is 0.251 e. The van der Waals surface area contributed by atoms with Gasteiger partial charge in [0, 0.05) is 30.8 Å². The molecular weight excluding hydrogens is 410 g/mol. The Bertz CT molecular complexity index is 953. The molecule has 0 aliphatic heterocycles. The summed E-state index contributed by atoms with van der Waals surface area (Å²) in [6.45, 7) is 9.30. The Morgan fingerprint density at radius 2 is 1.47 bits per heavy atom. The van der Waals surface area contributed by atoms with Crippen molar-refractivity contribution in [2.24, 2.45) is 5.92 Å². The van der Waals surface area contributed by atoms with E-state index < -0.39 is 0 Å². The Balaban J connectivity index is 2.22. The second kappa shape index (κ2) is 11.2. The number of hydrogen-bond donors (Lipinski definition) is 3. The van der Waals surface area contributed by atoms with E-state index in [0.29, 0.717) is 41.0 Å². The number of benzene rings is 2. The minimum Gasteiger partial charge on any atom is -0.493 e. The molecule has 0 bridgehead atoms. The van der Waals surface area contributed by atoms with E-state index in [1.165, 1.54) is 13.8 Å². The molecule has 8 heteroatoms. The number of nitrogens with one attached hydrogen (secondary N) is 3. The summed E-state index contributed by atoms with van der Waals surface area (Å²) in [5.74, 6) is 0.702. The van der Waals surface area contributed by atoms with Gasteiger partial charge in [0.2, 0.25) is 11.8 Å². The van der Waals surface area contributed by atoms with Crippen LogP contribution in [-0.2, 0) is 9.59 Å². The summed E-state index contributed by atoms with van der Waals surface area (Å²) in [7, 11) is 1.57. The molecule has 8 nitrogen and oxygen atoms in total. The van der Waals surface area contributed by atoms with Crippen molar-refractivity contribution in [3.05, 3.63) is 47.5 Å². The van der Waals surface area contributed by atoms with Crippen LogP contribution in [0.25, 0.3) is 0 Å². The monoisotopic (exact) mass is 441 g/mol. The van der Waals surface area contributed by atoms with Crippen molar-refractivity contribution in [1.29, 1.82) is 0 Å². The molecule has 172 valence electrons. The largest absolute Gasteiger partial charge is 0.493 e. The van der Waals surface area contributed by atoms with Gasteiger partial charge < -0.3 is 25.4 Å². The Kier molecular flexibility index (Phi) is 8.63. The molecule has 0 fully saturated rings. The van der Waals surface area contributed by atoms with Crippen molar-refractivity contribution in [3.63, 3.8) is 0 Å². The maximum absolute atomic E-state index is 12.9. The van der Waals surface area contributed by atoms with E-state index in [9.17, 15) is 14.4 Å². The highest BCUT2D eigenvalue weighted by molar-refractivity contribution is 6.00. The van der Waals surface area contributed by atoms with Crippen LogP contribution in [-0.4, -0.2) is 31.4 Å². The van der Waals surface area contributed by atoms with E-state index in [-0.39, 0.29) is 23.8 Å². The molecule has 3 N–H and O–H groups in total. The van der Waals surface area contributed by atoms with Crippen LogP contribution in [0.3, 0.4) is 0 Å². The van der Waals surface area contributed by atoms with Gasteiger partial charge >= 0.3 is 0 Å². The average molecular weight is 442 g/mol. The first-order valence-electron chi connectivity index (χ1n) is 10.4. The molecule has 0 aromatic heterocycles. The first-order chi connectivity index (χ1) is 15.1. The third kappa shape index (κ3) is 7.30. The van der Waals surface area contributed by atoms with Crippen molar-refractivity contribution in [2.75, 3.05) is 24.4 Å². The summed E-state index contributed by atoms with van der Waals surface area (Å²) in [5.41, 5.74) is 1.97. The highest BCUT2D eigenvalue weighted by Gasteiger charge is 2.16. The van der Waals surface area contributed by atoms with Gasteiger partial charge in [-0.15, -0.1) is 0 Å². The summed E-state index contributed by atoms with van der Waals surface area (Å²) in [5, 5.41) is 8.21. The molecule has 0 heterocycles. The fourth-order valence-electron chi connectivity index (χ4n) is 3.00. The molecule has 1 unspecified atom stereocenters. The predicted octanol–water partition coefficient (Wildman–Crippen LogP) is 4.14. The van der Waals surface area contributed by atoms with Crippen molar-refractivity contribution in [2.45, 2.75) is 40.7 Å². The number of methoxy groups -OCH3 is 1. The second-order valence-electron chi connectivity index (χ2n) is 7.97. The molecule has 2 aromatic rings. The van der Waals surface area contributed by atoms with E-state index in [2.05, 4.69) is 29.8 Å². The van der Waals surface area contributed by atoms with Gasteiger partial charge in [-0.3, -0.25) is 14.4 Å². The van der Waals surface area contributed by atoms with E-state index in [1.807, 2.05) is 25.1 Å². The molecule has 0 saturated carbocycles. The number of anilines is 2. The zero-order valence-electron chi connectivity index (χ0n) is 19.4. The highest BCUT2D eigenvalue weighted by Crippen LogP contribution is 2.31. The third-order valence-electron chi connectivity index (χ3n) is 4.44. The first kappa shape index (κ1) is 24.7. The van der Waals surface area contributed by atoms with Crippen LogP contribution in [0.1, 0.15) is 56.6 Å². The molecule has 0 aliphatic carbocycles. The molecule has 1 atom stereocenters. The summed E-state index contributed by atoms with van der Waals surface area (Å²) in [4.78, 5) is 35.8. The Hall–Kier alpha value is -3.55. The Morgan fingerprint density at radius 1 is 0.875 bits per heavy atom. The van der Waals surface area contributed by atoms with Gasteiger partial charge in [0.1, 0.15) is 0 Å². The zero-order chi connectivity index (χ0) is 23.8. The van der Waals surface area contributed by atoms with Crippen LogP contribution in [0.2, 0.25) is 0 Å². The zero-order valence-corrected chi connectivity index (χ0v) is 19.4. The number of rotatable bonds is 9. The predicted molar refractivity (Wildman–Crippen MR) is 124 cm³/mol. The minimum atomic E-state index is -0.351. The number of carbonyl (C=O) groups excluding carboxylic acids is 3. The van der Waals surface area contributed by atoms with Crippen LogP contribution < -0.4 is 25.4 Å². The normalized spacial score (nSPS) is 11.5. The summed E-state index contributed by atoms with van der Waals surface area (Å²) in [6, 6.07) is 9.90. The summed E-state index contributed by atoms with van der Waals surface area (Å²) < 4.78 is 11.2. The second-order valence-corrected chi connectivity index (χ2v) is 7.97. The molecule has 2 aromatic carbocycles. The smallest absolute Gasteiger partial charge is 0.251 e. The lowest BCUT2D eigenvalue weighted by Gasteiger charge is -2.18. The molecule has 3 amide bonds. The van der Waals surface area contributed by atoms with Gasteiger partial charge in [-0.25, -0.2) is 0 Å². The molecule has 0 radical (unpaired) electrons. The van der Waals surface area contributed by atoms with E-state index in [4.69, 9.17) is 9.47 Å².